The van der Waals surface area contributed by atoms with Crippen molar-refractivity contribution in [3.8, 4) is 17.4 Å². The van der Waals surface area contributed by atoms with Gasteiger partial charge in [-0.25, -0.2) is 0 Å². The maximum atomic E-state index is 12.4. The number of nitrogens with one attached hydrogen (secondary N) is 1. The number of fused-ring (bicyclic) bond motifs is 2. The summed E-state index contributed by atoms with van der Waals surface area (Å²) in [4.78, 5) is 17.2. The molecule has 2 heterocycles. The van der Waals surface area contributed by atoms with Crippen molar-refractivity contribution in [2.24, 2.45) is 0 Å². The highest BCUT2D eigenvalue weighted by molar-refractivity contribution is 5.99. The zero-order valence-corrected chi connectivity index (χ0v) is 13.8. The van der Waals surface area contributed by atoms with Gasteiger partial charge in [-0.2, -0.15) is 5.26 Å². The summed E-state index contributed by atoms with van der Waals surface area (Å²) in [5, 5.41) is 11.2. The van der Waals surface area contributed by atoms with E-state index in [1.54, 1.807) is 0 Å². The third kappa shape index (κ3) is 2.36. The summed E-state index contributed by atoms with van der Waals surface area (Å²) in [5.74, 6) is 0.520. The van der Waals surface area contributed by atoms with Gasteiger partial charge in [0.25, 0.3) is 5.56 Å². The molecule has 0 saturated carbocycles. The summed E-state index contributed by atoms with van der Waals surface area (Å²) >= 11 is 0. The first kappa shape index (κ1) is 15.0. The van der Waals surface area contributed by atoms with Crippen molar-refractivity contribution in [2.75, 3.05) is 19.0 Å². The Kier molecular flexibility index (Phi) is 3.33. The zero-order valence-electron chi connectivity index (χ0n) is 13.8. The van der Waals surface area contributed by atoms with E-state index in [4.69, 9.17) is 4.42 Å². The lowest BCUT2D eigenvalue weighted by Gasteiger charge is -2.14. The number of nitriles is 1. The molecular formula is C20H15N3O2. The van der Waals surface area contributed by atoms with Crippen LogP contribution in [-0.4, -0.2) is 19.1 Å². The van der Waals surface area contributed by atoms with Gasteiger partial charge >= 0.3 is 0 Å². The van der Waals surface area contributed by atoms with Gasteiger partial charge in [0.15, 0.2) is 0 Å². The molecule has 0 unspecified atom stereocenters. The van der Waals surface area contributed by atoms with Crippen molar-refractivity contribution in [1.29, 1.82) is 5.26 Å². The van der Waals surface area contributed by atoms with Crippen molar-refractivity contribution in [3.63, 3.8) is 0 Å². The molecule has 2 aromatic carbocycles. The molecule has 0 aliphatic carbocycles. The summed E-state index contributed by atoms with van der Waals surface area (Å²) in [6.45, 7) is 0. The molecule has 0 spiro atoms. The van der Waals surface area contributed by atoms with Gasteiger partial charge in [-0.05, 0) is 24.3 Å². The first-order valence-corrected chi connectivity index (χ1v) is 7.85. The Morgan fingerprint density at radius 2 is 1.92 bits per heavy atom. The highest BCUT2D eigenvalue weighted by Gasteiger charge is 2.18. The van der Waals surface area contributed by atoms with Gasteiger partial charge in [-0.15, -0.1) is 0 Å². The third-order valence-corrected chi connectivity index (χ3v) is 4.30. The van der Waals surface area contributed by atoms with Crippen LogP contribution in [0.5, 0.6) is 0 Å². The maximum absolute atomic E-state index is 12.4. The second kappa shape index (κ2) is 5.53. The van der Waals surface area contributed by atoms with Crippen LogP contribution in [0.2, 0.25) is 0 Å². The lowest BCUT2D eigenvalue weighted by Crippen LogP contribution is -2.13. The van der Waals surface area contributed by atoms with Crippen LogP contribution < -0.4 is 10.5 Å². The number of pyridine rings is 1. The second-order valence-electron chi connectivity index (χ2n) is 6.09. The minimum atomic E-state index is -0.415. The molecule has 0 aliphatic rings. The van der Waals surface area contributed by atoms with Crippen LogP contribution in [0.25, 0.3) is 33.2 Å². The van der Waals surface area contributed by atoms with E-state index in [1.165, 1.54) is 0 Å². The van der Waals surface area contributed by atoms with E-state index < -0.39 is 5.56 Å². The van der Waals surface area contributed by atoms with Gasteiger partial charge in [-0.3, -0.25) is 4.79 Å². The smallest absolute Gasteiger partial charge is 0.267 e. The molecular weight excluding hydrogens is 314 g/mol. The standard InChI is InChI=1S/C20H15N3O2/c1-23(2)13-7-8-14-16(10-13)22-20(24)15(11-21)19(14)18-9-12-5-3-4-6-17(12)25-18/h3-10H,1-2H3,(H,22,24). The largest absolute Gasteiger partial charge is 0.456 e. The quantitative estimate of drug-likeness (QED) is 0.606. The van der Waals surface area contributed by atoms with Crippen LogP contribution in [0.3, 0.4) is 0 Å². The van der Waals surface area contributed by atoms with E-state index in [2.05, 4.69) is 4.98 Å². The molecule has 0 atom stereocenters. The Labute approximate surface area is 143 Å². The normalized spacial score (nSPS) is 10.9. The number of furan rings is 1. The van der Waals surface area contributed by atoms with Gasteiger partial charge in [0.05, 0.1) is 5.52 Å². The first-order valence-electron chi connectivity index (χ1n) is 7.85. The fourth-order valence-electron chi connectivity index (χ4n) is 3.03. The predicted octanol–water partition coefficient (Wildman–Crippen LogP) is 3.88. The van der Waals surface area contributed by atoms with Crippen molar-refractivity contribution >= 4 is 27.6 Å². The van der Waals surface area contributed by atoms with Gasteiger partial charge in [0, 0.05) is 36.1 Å². The molecule has 0 radical (unpaired) electrons. The van der Waals surface area contributed by atoms with Crippen LogP contribution in [0.4, 0.5) is 5.69 Å². The molecule has 122 valence electrons. The van der Waals surface area contributed by atoms with Crippen molar-refractivity contribution in [3.05, 3.63) is 64.4 Å². The predicted molar refractivity (Wildman–Crippen MR) is 98.8 cm³/mol. The van der Waals surface area contributed by atoms with Crippen LogP contribution in [0.15, 0.2) is 57.7 Å². The van der Waals surface area contributed by atoms with Crippen LogP contribution in [0, 0.1) is 11.3 Å². The molecule has 0 aliphatic heterocycles. The molecule has 0 fully saturated rings. The average molecular weight is 329 g/mol. The maximum Gasteiger partial charge on any atom is 0.267 e. The van der Waals surface area contributed by atoms with E-state index >= 15 is 0 Å². The fourth-order valence-corrected chi connectivity index (χ4v) is 3.03. The lowest BCUT2D eigenvalue weighted by atomic mass is 10.0. The minimum absolute atomic E-state index is 0.0594. The van der Waals surface area contributed by atoms with Gasteiger partial charge in [0.2, 0.25) is 0 Å². The molecule has 5 heteroatoms. The number of hydrogen-bond donors (Lipinski definition) is 1. The Hall–Kier alpha value is -3.52. The van der Waals surface area contributed by atoms with E-state index in [0.717, 1.165) is 22.0 Å². The number of aromatic nitrogens is 1. The van der Waals surface area contributed by atoms with E-state index in [1.807, 2.05) is 73.6 Å². The second-order valence-corrected chi connectivity index (χ2v) is 6.09. The van der Waals surface area contributed by atoms with E-state index in [9.17, 15) is 10.1 Å². The summed E-state index contributed by atoms with van der Waals surface area (Å²) in [5.41, 5.74) is 2.53. The molecule has 0 amide bonds. The first-order chi connectivity index (χ1) is 12.1. The highest BCUT2D eigenvalue weighted by atomic mass is 16.3. The van der Waals surface area contributed by atoms with Crippen LogP contribution in [0.1, 0.15) is 5.56 Å². The number of benzene rings is 2. The number of hydrogen-bond acceptors (Lipinski definition) is 4. The van der Waals surface area contributed by atoms with E-state index in [0.29, 0.717) is 16.8 Å². The molecule has 1 N–H and O–H groups in total. The van der Waals surface area contributed by atoms with Crippen molar-refractivity contribution in [2.45, 2.75) is 0 Å². The van der Waals surface area contributed by atoms with Gasteiger partial charge < -0.3 is 14.3 Å². The van der Waals surface area contributed by atoms with Crippen molar-refractivity contribution in [1.82, 2.24) is 4.98 Å². The van der Waals surface area contributed by atoms with Crippen LogP contribution in [-0.2, 0) is 0 Å². The number of anilines is 1. The monoisotopic (exact) mass is 329 g/mol. The van der Waals surface area contributed by atoms with Crippen LogP contribution >= 0.6 is 0 Å². The molecule has 0 saturated heterocycles. The Balaban J connectivity index is 2.10. The molecule has 2 aromatic heterocycles. The molecule has 25 heavy (non-hydrogen) atoms. The summed E-state index contributed by atoms with van der Waals surface area (Å²) < 4.78 is 5.92. The highest BCUT2D eigenvalue weighted by Crippen LogP contribution is 2.34. The zero-order chi connectivity index (χ0) is 17.6. The summed E-state index contributed by atoms with van der Waals surface area (Å²) in [7, 11) is 3.87. The summed E-state index contributed by atoms with van der Waals surface area (Å²) in [6, 6.07) is 17.3. The Bertz CT molecular complexity index is 1180. The number of para-hydroxylation sites is 1. The number of H-pyrrole nitrogens is 1. The lowest BCUT2D eigenvalue weighted by molar-refractivity contribution is 0.632. The average Bonchev–Trinajstić information content (AvgIpc) is 3.03. The van der Waals surface area contributed by atoms with Gasteiger partial charge in [0.1, 0.15) is 23.0 Å². The number of rotatable bonds is 2. The third-order valence-electron chi connectivity index (χ3n) is 4.30. The van der Waals surface area contributed by atoms with Gasteiger partial charge in [-0.1, -0.05) is 24.3 Å². The molecule has 4 rings (SSSR count). The Morgan fingerprint density at radius 3 is 2.64 bits per heavy atom. The fraction of sp³-hybridized carbons (Fsp3) is 0.100. The van der Waals surface area contributed by atoms with Crippen molar-refractivity contribution < 1.29 is 4.42 Å². The number of aromatic amines is 1. The Morgan fingerprint density at radius 1 is 1.12 bits per heavy atom. The summed E-state index contributed by atoms with van der Waals surface area (Å²) in [6.07, 6.45) is 0. The molecule has 0 bridgehead atoms. The van der Waals surface area contributed by atoms with E-state index in [-0.39, 0.29) is 5.56 Å². The molecule has 5 nitrogen and oxygen atoms in total. The SMILES string of the molecule is CN(C)c1ccc2c(-c3cc4ccccc4o3)c(C#N)c(=O)[nH]c2c1. The number of nitrogens with zero attached hydrogens (tertiary/aromatic N) is 2. The minimum Gasteiger partial charge on any atom is -0.456 e. The topological polar surface area (TPSA) is 73.0 Å². The molecule has 4 aromatic rings.